The average molecular weight is 338 g/mol. The number of likely N-dealkylation sites (tertiary alicyclic amines) is 1. The summed E-state index contributed by atoms with van der Waals surface area (Å²) in [5.74, 6) is 1.05. The Labute approximate surface area is 137 Å². The molecule has 0 aromatic carbocycles. The van der Waals surface area contributed by atoms with Crippen molar-refractivity contribution in [3.63, 3.8) is 0 Å². The SMILES string of the molecule is CC(Sc1nnc(NCc2ccco2)s1)C(=O)N1CCCC1. The zero-order valence-electron chi connectivity index (χ0n) is 12.3. The number of carbonyl (C=O) groups excluding carboxylic acids is 1. The Hall–Kier alpha value is -1.54. The maximum absolute atomic E-state index is 12.3. The number of hydrogen-bond acceptors (Lipinski definition) is 7. The highest BCUT2D eigenvalue weighted by molar-refractivity contribution is 8.02. The third-order valence-corrected chi connectivity index (χ3v) is 5.50. The number of amides is 1. The summed E-state index contributed by atoms with van der Waals surface area (Å²) in [5.41, 5.74) is 0. The molecule has 6 nitrogen and oxygen atoms in total. The highest BCUT2D eigenvalue weighted by atomic mass is 32.2. The molecule has 1 atom stereocenters. The Balaban J connectivity index is 1.51. The monoisotopic (exact) mass is 338 g/mol. The van der Waals surface area contributed by atoms with Crippen molar-refractivity contribution in [3.05, 3.63) is 24.2 Å². The van der Waals surface area contributed by atoms with Crippen LogP contribution < -0.4 is 5.32 Å². The van der Waals surface area contributed by atoms with Crippen molar-refractivity contribution in [1.82, 2.24) is 15.1 Å². The van der Waals surface area contributed by atoms with Gasteiger partial charge in [0.15, 0.2) is 4.34 Å². The molecule has 0 aliphatic carbocycles. The van der Waals surface area contributed by atoms with E-state index in [-0.39, 0.29) is 11.2 Å². The van der Waals surface area contributed by atoms with Gasteiger partial charge in [-0.3, -0.25) is 4.79 Å². The molecule has 22 heavy (non-hydrogen) atoms. The largest absolute Gasteiger partial charge is 0.467 e. The number of anilines is 1. The molecule has 1 amide bonds. The van der Waals surface area contributed by atoms with E-state index in [0.717, 1.165) is 41.2 Å². The summed E-state index contributed by atoms with van der Waals surface area (Å²) in [7, 11) is 0. The van der Waals surface area contributed by atoms with Gasteiger partial charge in [0, 0.05) is 13.1 Å². The van der Waals surface area contributed by atoms with Crippen LogP contribution in [0.4, 0.5) is 5.13 Å². The predicted octanol–water partition coefficient (Wildman–Crippen LogP) is 2.85. The van der Waals surface area contributed by atoms with Crippen LogP contribution in [0, 0.1) is 0 Å². The van der Waals surface area contributed by atoms with Gasteiger partial charge in [0.1, 0.15) is 5.76 Å². The summed E-state index contributed by atoms with van der Waals surface area (Å²) in [6.07, 6.45) is 3.87. The maximum Gasteiger partial charge on any atom is 0.235 e. The molecule has 8 heteroatoms. The molecule has 1 unspecified atom stereocenters. The number of carbonyl (C=O) groups is 1. The molecule has 1 aliphatic rings. The third-order valence-electron chi connectivity index (χ3n) is 3.44. The van der Waals surface area contributed by atoms with Crippen LogP contribution in [0.15, 0.2) is 27.2 Å². The number of nitrogens with one attached hydrogen (secondary N) is 1. The van der Waals surface area contributed by atoms with Crippen molar-refractivity contribution in [3.8, 4) is 0 Å². The van der Waals surface area contributed by atoms with Crippen molar-refractivity contribution >= 4 is 34.1 Å². The van der Waals surface area contributed by atoms with Gasteiger partial charge in [-0.15, -0.1) is 10.2 Å². The summed E-state index contributed by atoms with van der Waals surface area (Å²) in [4.78, 5) is 14.2. The molecule has 118 valence electrons. The first-order valence-corrected chi connectivity index (χ1v) is 8.97. The zero-order valence-corrected chi connectivity index (χ0v) is 14.0. The fourth-order valence-corrected chi connectivity index (χ4v) is 4.28. The molecule has 1 aliphatic heterocycles. The Morgan fingerprint density at radius 2 is 2.32 bits per heavy atom. The van der Waals surface area contributed by atoms with Crippen LogP contribution in [0.1, 0.15) is 25.5 Å². The second kappa shape index (κ2) is 7.15. The number of rotatable bonds is 6. The van der Waals surface area contributed by atoms with Crippen LogP contribution in [-0.4, -0.2) is 39.3 Å². The Morgan fingerprint density at radius 1 is 1.50 bits per heavy atom. The standard InChI is InChI=1S/C14H18N4O2S2/c1-10(12(19)18-6-2-3-7-18)21-14-17-16-13(22-14)15-9-11-5-4-8-20-11/h4-5,8,10H,2-3,6-7,9H2,1H3,(H,15,16). The van der Waals surface area contributed by atoms with Crippen LogP contribution in [0.5, 0.6) is 0 Å². The number of aromatic nitrogens is 2. The summed E-state index contributed by atoms with van der Waals surface area (Å²) >= 11 is 2.93. The zero-order chi connectivity index (χ0) is 15.4. The number of furan rings is 1. The maximum atomic E-state index is 12.3. The van der Waals surface area contributed by atoms with E-state index in [4.69, 9.17) is 4.42 Å². The van der Waals surface area contributed by atoms with Crippen LogP contribution in [0.2, 0.25) is 0 Å². The van der Waals surface area contributed by atoms with Crippen LogP contribution in [0.25, 0.3) is 0 Å². The molecule has 0 saturated carbocycles. The molecular formula is C14H18N4O2S2. The fourth-order valence-electron chi connectivity index (χ4n) is 2.30. The van der Waals surface area contributed by atoms with Crippen molar-refractivity contribution in [1.29, 1.82) is 0 Å². The first-order chi connectivity index (χ1) is 10.7. The lowest BCUT2D eigenvalue weighted by Crippen LogP contribution is -2.33. The third kappa shape index (κ3) is 3.80. The lowest BCUT2D eigenvalue weighted by atomic mass is 10.4. The van der Waals surface area contributed by atoms with Gasteiger partial charge >= 0.3 is 0 Å². The minimum absolute atomic E-state index is 0.121. The first-order valence-electron chi connectivity index (χ1n) is 7.27. The van der Waals surface area contributed by atoms with Gasteiger partial charge in [-0.05, 0) is 31.9 Å². The highest BCUT2D eigenvalue weighted by Gasteiger charge is 2.24. The van der Waals surface area contributed by atoms with E-state index in [1.54, 1.807) is 6.26 Å². The minimum atomic E-state index is -0.121. The van der Waals surface area contributed by atoms with Crippen molar-refractivity contribution in [2.45, 2.75) is 35.9 Å². The predicted molar refractivity (Wildman–Crippen MR) is 87.1 cm³/mol. The molecule has 1 N–H and O–H groups in total. The molecule has 3 rings (SSSR count). The van der Waals surface area contributed by atoms with Gasteiger partial charge in [0.05, 0.1) is 18.1 Å². The molecule has 3 heterocycles. The van der Waals surface area contributed by atoms with Gasteiger partial charge in [0.25, 0.3) is 0 Å². The average Bonchev–Trinajstić information content (AvgIpc) is 3.26. The smallest absolute Gasteiger partial charge is 0.235 e. The van der Waals surface area contributed by atoms with E-state index in [0.29, 0.717) is 6.54 Å². The summed E-state index contributed by atoms with van der Waals surface area (Å²) in [5, 5.41) is 12.0. The van der Waals surface area contributed by atoms with E-state index < -0.39 is 0 Å². The van der Waals surface area contributed by atoms with Crippen molar-refractivity contribution in [2.24, 2.45) is 0 Å². The first kappa shape index (κ1) is 15.4. The van der Waals surface area contributed by atoms with Gasteiger partial charge < -0.3 is 14.6 Å². The van der Waals surface area contributed by atoms with Crippen molar-refractivity contribution in [2.75, 3.05) is 18.4 Å². The van der Waals surface area contributed by atoms with E-state index in [2.05, 4.69) is 15.5 Å². The topological polar surface area (TPSA) is 71.3 Å². The van der Waals surface area contributed by atoms with Crippen molar-refractivity contribution < 1.29 is 9.21 Å². The van der Waals surface area contributed by atoms with E-state index in [1.807, 2.05) is 24.0 Å². The highest BCUT2D eigenvalue weighted by Crippen LogP contribution is 2.30. The van der Waals surface area contributed by atoms with Crippen LogP contribution in [0.3, 0.4) is 0 Å². The lowest BCUT2D eigenvalue weighted by Gasteiger charge is -2.18. The Kier molecular flexibility index (Phi) is 4.99. The Morgan fingerprint density at radius 3 is 3.05 bits per heavy atom. The molecule has 0 spiro atoms. The lowest BCUT2D eigenvalue weighted by molar-refractivity contribution is -0.129. The van der Waals surface area contributed by atoms with E-state index in [9.17, 15) is 4.79 Å². The van der Waals surface area contributed by atoms with Gasteiger partial charge in [-0.2, -0.15) is 0 Å². The number of nitrogens with zero attached hydrogens (tertiary/aromatic N) is 3. The minimum Gasteiger partial charge on any atom is -0.467 e. The van der Waals surface area contributed by atoms with E-state index >= 15 is 0 Å². The van der Waals surface area contributed by atoms with Crippen LogP contribution >= 0.6 is 23.1 Å². The van der Waals surface area contributed by atoms with Crippen LogP contribution in [-0.2, 0) is 11.3 Å². The molecule has 0 bridgehead atoms. The summed E-state index contributed by atoms with van der Waals surface area (Å²) < 4.78 is 6.06. The molecule has 2 aromatic heterocycles. The number of hydrogen-bond donors (Lipinski definition) is 1. The molecule has 1 fully saturated rings. The molecular weight excluding hydrogens is 320 g/mol. The Bertz CT molecular complexity index is 608. The second-order valence-corrected chi connectivity index (χ2v) is 7.66. The van der Waals surface area contributed by atoms with E-state index in [1.165, 1.54) is 23.1 Å². The molecule has 1 saturated heterocycles. The van der Waals surface area contributed by atoms with Gasteiger partial charge in [-0.25, -0.2) is 0 Å². The second-order valence-electron chi connectivity index (χ2n) is 5.10. The summed E-state index contributed by atoms with van der Waals surface area (Å²) in [6, 6.07) is 3.75. The molecule has 2 aromatic rings. The normalized spacial score (nSPS) is 16.0. The molecule has 0 radical (unpaired) electrons. The number of thioether (sulfide) groups is 1. The fraction of sp³-hybridized carbons (Fsp3) is 0.500. The summed E-state index contributed by atoms with van der Waals surface area (Å²) in [6.45, 7) is 4.28. The quantitative estimate of drug-likeness (QED) is 0.817. The van der Waals surface area contributed by atoms with Gasteiger partial charge in [-0.1, -0.05) is 23.1 Å². The van der Waals surface area contributed by atoms with Gasteiger partial charge in [0.2, 0.25) is 11.0 Å².